The van der Waals surface area contributed by atoms with E-state index in [1.807, 2.05) is 24.3 Å². The van der Waals surface area contributed by atoms with Gasteiger partial charge in [0, 0.05) is 19.2 Å². The summed E-state index contributed by atoms with van der Waals surface area (Å²) in [6.45, 7) is 1.64. The van der Waals surface area contributed by atoms with Crippen molar-refractivity contribution in [1.29, 1.82) is 0 Å². The SMILES string of the molecule is COc1cccc(CCNc2cc(NCCc3ccccc3)ncn2)c1. The number of nitrogens with one attached hydrogen (secondary N) is 2. The molecule has 1 heterocycles. The summed E-state index contributed by atoms with van der Waals surface area (Å²) in [6.07, 6.45) is 3.44. The monoisotopic (exact) mass is 348 g/mol. The Hall–Kier alpha value is -3.08. The molecule has 0 aliphatic rings. The molecule has 2 N–H and O–H groups in total. The molecule has 5 heteroatoms. The molecule has 2 aromatic carbocycles. The lowest BCUT2D eigenvalue weighted by Gasteiger charge is -2.09. The molecule has 0 radical (unpaired) electrons. The van der Waals surface area contributed by atoms with Gasteiger partial charge in [0.05, 0.1) is 7.11 Å². The summed E-state index contributed by atoms with van der Waals surface area (Å²) < 4.78 is 5.26. The number of hydrogen-bond donors (Lipinski definition) is 2. The maximum atomic E-state index is 5.26. The molecule has 0 amide bonds. The summed E-state index contributed by atoms with van der Waals surface area (Å²) in [5, 5.41) is 6.70. The number of aromatic nitrogens is 2. The van der Waals surface area contributed by atoms with E-state index in [9.17, 15) is 0 Å². The van der Waals surface area contributed by atoms with Gasteiger partial charge in [-0.3, -0.25) is 0 Å². The zero-order chi connectivity index (χ0) is 18.0. The minimum absolute atomic E-state index is 0.799. The summed E-state index contributed by atoms with van der Waals surface area (Å²) in [5.41, 5.74) is 2.54. The minimum atomic E-state index is 0.799. The second-order valence-corrected chi connectivity index (χ2v) is 5.98. The molecule has 0 saturated heterocycles. The number of hydrogen-bond acceptors (Lipinski definition) is 5. The van der Waals surface area contributed by atoms with Gasteiger partial charge in [-0.1, -0.05) is 42.5 Å². The maximum Gasteiger partial charge on any atom is 0.131 e. The van der Waals surface area contributed by atoms with Crippen LogP contribution < -0.4 is 15.4 Å². The third-order valence-electron chi connectivity index (χ3n) is 4.08. The lowest BCUT2D eigenvalue weighted by Crippen LogP contribution is -2.09. The third-order valence-corrected chi connectivity index (χ3v) is 4.08. The van der Waals surface area contributed by atoms with E-state index in [0.29, 0.717) is 0 Å². The van der Waals surface area contributed by atoms with E-state index in [4.69, 9.17) is 4.74 Å². The molecular formula is C21H24N4O. The maximum absolute atomic E-state index is 5.26. The van der Waals surface area contributed by atoms with Crippen molar-refractivity contribution in [3.8, 4) is 5.75 Å². The van der Waals surface area contributed by atoms with Gasteiger partial charge in [0.25, 0.3) is 0 Å². The van der Waals surface area contributed by atoms with Crippen LogP contribution in [0.2, 0.25) is 0 Å². The van der Waals surface area contributed by atoms with Crippen molar-refractivity contribution in [2.45, 2.75) is 12.8 Å². The zero-order valence-corrected chi connectivity index (χ0v) is 15.0. The fourth-order valence-electron chi connectivity index (χ4n) is 2.69. The van der Waals surface area contributed by atoms with Crippen LogP contribution in [0.4, 0.5) is 11.6 Å². The highest BCUT2D eigenvalue weighted by Gasteiger charge is 2.00. The van der Waals surface area contributed by atoms with Gasteiger partial charge >= 0.3 is 0 Å². The molecule has 0 unspecified atom stereocenters. The van der Waals surface area contributed by atoms with E-state index < -0.39 is 0 Å². The topological polar surface area (TPSA) is 59.1 Å². The summed E-state index contributed by atoms with van der Waals surface area (Å²) in [5.74, 6) is 2.54. The number of ether oxygens (including phenoxy) is 1. The molecule has 0 bridgehead atoms. The summed E-state index contributed by atoms with van der Waals surface area (Å²) in [6, 6.07) is 20.5. The summed E-state index contributed by atoms with van der Waals surface area (Å²) >= 11 is 0. The molecule has 3 aromatic rings. The van der Waals surface area contributed by atoms with Crippen LogP contribution in [0, 0.1) is 0 Å². The fourth-order valence-corrected chi connectivity index (χ4v) is 2.69. The molecule has 134 valence electrons. The molecule has 5 nitrogen and oxygen atoms in total. The minimum Gasteiger partial charge on any atom is -0.497 e. The van der Waals surface area contributed by atoms with Gasteiger partial charge in [-0.25, -0.2) is 9.97 Å². The Labute approximate surface area is 154 Å². The van der Waals surface area contributed by atoms with Crippen LogP contribution in [0.5, 0.6) is 5.75 Å². The Kier molecular flexibility index (Phi) is 6.42. The molecule has 3 rings (SSSR count). The van der Waals surface area contributed by atoms with Crippen molar-refractivity contribution >= 4 is 11.6 Å². The zero-order valence-electron chi connectivity index (χ0n) is 15.0. The molecular weight excluding hydrogens is 324 g/mol. The number of methoxy groups -OCH3 is 1. The van der Waals surface area contributed by atoms with E-state index in [1.165, 1.54) is 11.1 Å². The average Bonchev–Trinajstić information content (AvgIpc) is 2.69. The Bertz CT molecular complexity index is 808. The first-order chi connectivity index (χ1) is 12.8. The van der Waals surface area contributed by atoms with E-state index >= 15 is 0 Å². The molecule has 1 aromatic heterocycles. The van der Waals surface area contributed by atoms with Gasteiger partial charge in [-0.05, 0) is 36.1 Å². The van der Waals surface area contributed by atoms with Crippen LogP contribution >= 0.6 is 0 Å². The smallest absolute Gasteiger partial charge is 0.131 e. The van der Waals surface area contributed by atoms with Gasteiger partial charge in [0.15, 0.2) is 0 Å². The standard InChI is InChI=1S/C21H24N4O/c1-26-19-9-5-8-18(14-19)11-13-23-21-15-20(24-16-25-21)22-12-10-17-6-3-2-4-7-17/h2-9,14-16H,10-13H2,1H3,(H2,22,23,24,25). The summed E-state index contributed by atoms with van der Waals surface area (Å²) in [4.78, 5) is 8.56. The van der Waals surface area contributed by atoms with Crippen molar-refractivity contribution < 1.29 is 4.74 Å². The van der Waals surface area contributed by atoms with Crippen LogP contribution in [0.15, 0.2) is 67.0 Å². The van der Waals surface area contributed by atoms with E-state index in [1.54, 1.807) is 13.4 Å². The van der Waals surface area contributed by atoms with Crippen LogP contribution in [-0.2, 0) is 12.8 Å². The number of benzene rings is 2. The quantitative estimate of drug-likeness (QED) is 0.616. The van der Waals surface area contributed by atoms with Gasteiger partial charge in [-0.15, -0.1) is 0 Å². The molecule has 26 heavy (non-hydrogen) atoms. The lowest BCUT2D eigenvalue weighted by atomic mass is 10.1. The molecule has 0 aliphatic carbocycles. The Morgan fingerprint density at radius 3 is 2.12 bits per heavy atom. The van der Waals surface area contributed by atoms with Crippen molar-refractivity contribution in [1.82, 2.24) is 9.97 Å². The van der Waals surface area contributed by atoms with Crippen LogP contribution in [0.1, 0.15) is 11.1 Å². The van der Waals surface area contributed by atoms with Gasteiger partial charge in [0.2, 0.25) is 0 Å². The third kappa shape index (κ3) is 5.48. The number of nitrogens with zero attached hydrogens (tertiary/aromatic N) is 2. The largest absolute Gasteiger partial charge is 0.497 e. The van der Waals surface area contributed by atoms with Gasteiger partial charge in [-0.2, -0.15) is 0 Å². The predicted octanol–water partition coefficient (Wildman–Crippen LogP) is 3.79. The normalized spacial score (nSPS) is 10.3. The highest BCUT2D eigenvalue weighted by molar-refractivity contribution is 5.46. The Morgan fingerprint density at radius 1 is 0.769 bits per heavy atom. The number of rotatable bonds is 9. The van der Waals surface area contributed by atoms with E-state index in [2.05, 4.69) is 57.0 Å². The van der Waals surface area contributed by atoms with Crippen LogP contribution in [0.25, 0.3) is 0 Å². The second-order valence-electron chi connectivity index (χ2n) is 5.98. The second kappa shape index (κ2) is 9.42. The predicted molar refractivity (Wildman–Crippen MR) is 106 cm³/mol. The highest BCUT2D eigenvalue weighted by atomic mass is 16.5. The average molecular weight is 348 g/mol. The highest BCUT2D eigenvalue weighted by Crippen LogP contribution is 2.14. The molecule has 0 aliphatic heterocycles. The Balaban J connectivity index is 1.46. The van der Waals surface area contributed by atoms with Crippen molar-refractivity contribution in [3.05, 3.63) is 78.1 Å². The molecule has 0 fully saturated rings. The van der Waals surface area contributed by atoms with Gasteiger partial charge in [0.1, 0.15) is 23.7 Å². The van der Waals surface area contributed by atoms with Crippen molar-refractivity contribution in [2.75, 3.05) is 30.8 Å². The van der Waals surface area contributed by atoms with E-state index in [0.717, 1.165) is 43.3 Å². The van der Waals surface area contributed by atoms with Gasteiger partial charge < -0.3 is 15.4 Å². The molecule has 0 spiro atoms. The first-order valence-corrected chi connectivity index (χ1v) is 8.80. The van der Waals surface area contributed by atoms with Crippen LogP contribution in [-0.4, -0.2) is 30.2 Å². The van der Waals surface area contributed by atoms with Crippen molar-refractivity contribution in [2.24, 2.45) is 0 Å². The van der Waals surface area contributed by atoms with Crippen molar-refractivity contribution in [3.63, 3.8) is 0 Å². The first kappa shape index (κ1) is 17.7. The van der Waals surface area contributed by atoms with E-state index in [-0.39, 0.29) is 0 Å². The summed E-state index contributed by atoms with van der Waals surface area (Å²) in [7, 11) is 1.69. The van der Waals surface area contributed by atoms with Crippen LogP contribution in [0.3, 0.4) is 0 Å². The fraction of sp³-hybridized carbons (Fsp3) is 0.238. The lowest BCUT2D eigenvalue weighted by molar-refractivity contribution is 0.414. The molecule has 0 saturated carbocycles. The molecule has 0 atom stereocenters. The number of anilines is 2. The first-order valence-electron chi connectivity index (χ1n) is 8.80. The Morgan fingerprint density at radius 2 is 1.42 bits per heavy atom.